The van der Waals surface area contributed by atoms with Gasteiger partial charge in [0.15, 0.2) is 12.6 Å². The van der Waals surface area contributed by atoms with Gasteiger partial charge in [0, 0.05) is 4.88 Å². The molecule has 0 radical (unpaired) electrons. The lowest BCUT2D eigenvalue weighted by atomic mass is 10.2. The van der Waals surface area contributed by atoms with Crippen LogP contribution in [0, 0.1) is 6.92 Å². The molecule has 110 valence electrons. The minimum absolute atomic E-state index is 0.224. The summed E-state index contributed by atoms with van der Waals surface area (Å²) < 4.78 is 5.35. The number of ether oxygens (including phenoxy) is 1. The van der Waals surface area contributed by atoms with E-state index in [-0.39, 0.29) is 6.61 Å². The summed E-state index contributed by atoms with van der Waals surface area (Å²) in [6.07, 6.45) is 0. The number of hydrogen-bond donors (Lipinski definition) is 2. The van der Waals surface area contributed by atoms with Gasteiger partial charge in [-0.3, -0.25) is 4.79 Å². The second-order valence-electron chi connectivity index (χ2n) is 4.46. The van der Waals surface area contributed by atoms with Crippen molar-refractivity contribution in [2.45, 2.75) is 13.0 Å². The molecule has 0 saturated carbocycles. The molecule has 1 atom stereocenters. The Morgan fingerprint density at radius 1 is 1.33 bits per heavy atom. The number of carboxylic acids is 1. The third-order valence-corrected chi connectivity index (χ3v) is 3.68. The summed E-state index contributed by atoms with van der Waals surface area (Å²) in [6, 6.07) is 9.67. The molecule has 21 heavy (non-hydrogen) atoms. The molecule has 2 rings (SSSR count). The van der Waals surface area contributed by atoms with E-state index in [0.29, 0.717) is 10.6 Å². The Kier molecular flexibility index (Phi) is 4.94. The zero-order valence-corrected chi connectivity index (χ0v) is 12.2. The van der Waals surface area contributed by atoms with E-state index in [4.69, 9.17) is 9.84 Å². The Hall–Kier alpha value is -2.34. The van der Waals surface area contributed by atoms with Gasteiger partial charge < -0.3 is 15.2 Å². The number of aryl methyl sites for hydroxylation is 1. The van der Waals surface area contributed by atoms with E-state index in [0.717, 1.165) is 5.56 Å². The van der Waals surface area contributed by atoms with Crippen LogP contribution in [-0.4, -0.2) is 23.6 Å². The second-order valence-corrected chi connectivity index (χ2v) is 5.44. The van der Waals surface area contributed by atoms with Gasteiger partial charge in [-0.25, -0.2) is 4.79 Å². The van der Waals surface area contributed by atoms with Crippen molar-refractivity contribution in [1.29, 1.82) is 0 Å². The number of carboxylic acid groups (broad SMARTS) is 1. The minimum atomic E-state index is -1.10. The van der Waals surface area contributed by atoms with Crippen LogP contribution >= 0.6 is 11.3 Å². The molecule has 0 aliphatic carbocycles. The first-order valence-corrected chi connectivity index (χ1v) is 7.19. The zero-order chi connectivity index (χ0) is 15.2. The summed E-state index contributed by atoms with van der Waals surface area (Å²) in [4.78, 5) is 23.6. The van der Waals surface area contributed by atoms with Crippen molar-refractivity contribution in [2.75, 3.05) is 6.61 Å². The highest BCUT2D eigenvalue weighted by atomic mass is 32.1. The van der Waals surface area contributed by atoms with Crippen molar-refractivity contribution in [3.63, 3.8) is 0 Å². The fourth-order valence-corrected chi connectivity index (χ4v) is 2.53. The van der Waals surface area contributed by atoms with E-state index in [9.17, 15) is 9.59 Å². The number of benzene rings is 1. The van der Waals surface area contributed by atoms with E-state index >= 15 is 0 Å². The predicted molar refractivity (Wildman–Crippen MR) is 79.5 cm³/mol. The van der Waals surface area contributed by atoms with Crippen LogP contribution in [0.4, 0.5) is 0 Å². The molecule has 0 fully saturated rings. The van der Waals surface area contributed by atoms with Gasteiger partial charge in [-0.1, -0.05) is 18.2 Å². The Balaban J connectivity index is 1.92. The molecule has 0 spiro atoms. The zero-order valence-electron chi connectivity index (χ0n) is 11.4. The van der Waals surface area contributed by atoms with Crippen molar-refractivity contribution >= 4 is 23.2 Å². The van der Waals surface area contributed by atoms with E-state index in [1.807, 2.05) is 19.1 Å². The number of carbonyl (C=O) groups is 2. The molecular weight excluding hydrogens is 290 g/mol. The lowest BCUT2D eigenvalue weighted by Crippen LogP contribution is -2.36. The normalized spacial score (nSPS) is 11.7. The standard InChI is InChI=1S/C15H15NO4S/c1-10-4-2-5-11(8-10)20-9-13(17)16-14(15(18)19)12-6-3-7-21-12/h2-8,14H,9H2,1H3,(H,16,17)(H,18,19). The van der Waals surface area contributed by atoms with Crippen LogP contribution in [0.5, 0.6) is 5.75 Å². The van der Waals surface area contributed by atoms with Crippen LogP contribution in [0.15, 0.2) is 41.8 Å². The molecule has 0 aliphatic rings. The third-order valence-electron chi connectivity index (χ3n) is 2.74. The van der Waals surface area contributed by atoms with Crippen LogP contribution in [0.25, 0.3) is 0 Å². The molecule has 6 heteroatoms. The molecule has 1 heterocycles. The van der Waals surface area contributed by atoms with Crippen molar-refractivity contribution in [3.05, 3.63) is 52.2 Å². The Morgan fingerprint density at radius 3 is 2.76 bits per heavy atom. The van der Waals surface area contributed by atoms with Crippen molar-refractivity contribution in [2.24, 2.45) is 0 Å². The number of aliphatic carboxylic acids is 1. The molecule has 1 aromatic carbocycles. The molecule has 2 aromatic rings. The maximum atomic E-state index is 11.8. The van der Waals surface area contributed by atoms with Crippen LogP contribution in [0.1, 0.15) is 16.5 Å². The quantitative estimate of drug-likeness (QED) is 0.859. The average Bonchev–Trinajstić information content (AvgIpc) is 2.96. The van der Waals surface area contributed by atoms with Gasteiger partial charge in [-0.2, -0.15) is 0 Å². The molecule has 0 bridgehead atoms. The smallest absolute Gasteiger partial charge is 0.331 e. The summed E-state index contributed by atoms with van der Waals surface area (Å²) in [5, 5.41) is 13.4. The lowest BCUT2D eigenvalue weighted by Gasteiger charge is -2.13. The van der Waals surface area contributed by atoms with Crippen molar-refractivity contribution < 1.29 is 19.4 Å². The molecule has 2 N–H and O–H groups in total. The highest BCUT2D eigenvalue weighted by molar-refractivity contribution is 7.10. The number of nitrogens with one attached hydrogen (secondary N) is 1. The van der Waals surface area contributed by atoms with Crippen LogP contribution in [-0.2, 0) is 9.59 Å². The Morgan fingerprint density at radius 2 is 2.14 bits per heavy atom. The van der Waals surface area contributed by atoms with Crippen molar-refractivity contribution in [3.8, 4) is 5.75 Å². The topological polar surface area (TPSA) is 75.6 Å². The first kappa shape index (κ1) is 15.1. The van der Waals surface area contributed by atoms with Gasteiger partial charge in [0.2, 0.25) is 0 Å². The van der Waals surface area contributed by atoms with Gasteiger partial charge in [0.1, 0.15) is 5.75 Å². The first-order valence-electron chi connectivity index (χ1n) is 6.31. The number of rotatable bonds is 6. The molecule has 5 nitrogen and oxygen atoms in total. The molecule has 1 amide bonds. The lowest BCUT2D eigenvalue weighted by molar-refractivity contribution is -0.142. The number of carbonyl (C=O) groups excluding carboxylic acids is 1. The van der Waals surface area contributed by atoms with E-state index in [1.165, 1.54) is 11.3 Å². The first-order chi connectivity index (χ1) is 10.1. The van der Waals surface area contributed by atoms with Gasteiger partial charge in [-0.15, -0.1) is 11.3 Å². The van der Waals surface area contributed by atoms with Crippen LogP contribution in [0.2, 0.25) is 0 Å². The fourth-order valence-electron chi connectivity index (χ4n) is 1.77. The van der Waals surface area contributed by atoms with Crippen LogP contribution in [0.3, 0.4) is 0 Å². The number of amides is 1. The minimum Gasteiger partial charge on any atom is -0.484 e. The SMILES string of the molecule is Cc1cccc(OCC(=O)NC(C(=O)O)c2cccs2)c1. The summed E-state index contributed by atoms with van der Waals surface area (Å²) in [5.41, 5.74) is 1.02. The van der Waals surface area contributed by atoms with Gasteiger partial charge >= 0.3 is 5.97 Å². The maximum Gasteiger partial charge on any atom is 0.331 e. The largest absolute Gasteiger partial charge is 0.484 e. The monoisotopic (exact) mass is 305 g/mol. The highest BCUT2D eigenvalue weighted by Gasteiger charge is 2.23. The van der Waals surface area contributed by atoms with Crippen molar-refractivity contribution in [1.82, 2.24) is 5.32 Å². The van der Waals surface area contributed by atoms with Crippen LogP contribution < -0.4 is 10.1 Å². The molecule has 0 saturated heterocycles. The summed E-state index contributed by atoms with van der Waals surface area (Å²) in [7, 11) is 0. The van der Waals surface area contributed by atoms with E-state index < -0.39 is 17.9 Å². The third kappa shape index (κ3) is 4.32. The average molecular weight is 305 g/mol. The van der Waals surface area contributed by atoms with Gasteiger partial charge in [-0.05, 0) is 36.1 Å². The number of hydrogen-bond acceptors (Lipinski definition) is 4. The predicted octanol–water partition coefficient (Wildman–Crippen LogP) is 2.38. The summed E-state index contributed by atoms with van der Waals surface area (Å²) in [6.45, 7) is 1.70. The second kappa shape index (κ2) is 6.90. The Bertz CT molecular complexity index is 624. The van der Waals surface area contributed by atoms with Gasteiger partial charge in [0.05, 0.1) is 0 Å². The Labute approximate surface area is 126 Å². The summed E-state index contributed by atoms with van der Waals surface area (Å²) in [5.74, 6) is -0.994. The van der Waals surface area contributed by atoms with Gasteiger partial charge in [0.25, 0.3) is 5.91 Å². The van der Waals surface area contributed by atoms with E-state index in [1.54, 1.807) is 29.6 Å². The molecule has 1 unspecified atom stereocenters. The highest BCUT2D eigenvalue weighted by Crippen LogP contribution is 2.19. The van der Waals surface area contributed by atoms with E-state index in [2.05, 4.69) is 5.32 Å². The molecule has 0 aliphatic heterocycles. The maximum absolute atomic E-state index is 11.8. The fraction of sp³-hybridized carbons (Fsp3) is 0.200. The summed E-state index contributed by atoms with van der Waals surface area (Å²) >= 11 is 1.28. The number of thiophene rings is 1. The molecule has 1 aromatic heterocycles. The molecular formula is C15H15NO4S.